The molecule has 172 valence electrons. The van der Waals surface area contributed by atoms with Crippen LogP contribution in [0.5, 0.6) is 0 Å². The molecule has 0 heterocycles. The zero-order chi connectivity index (χ0) is 23.9. The first kappa shape index (κ1) is 26.3. The summed E-state index contributed by atoms with van der Waals surface area (Å²) in [5.41, 5.74) is 1.12. The Morgan fingerprint density at radius 1 is 1.29 bits per heavy atom. The van der Waals surface area contributed by atoms with Crippen LogP contribution in [-0.4, -0.2) is 50.3 Å². The van der Waals surface area contributed by atoms with Gasteiger partial charge in [-0.15, -0.1) is 0 Å². The van der Waals surface area contributed by atoms with Crippen LogP contribution in [0.25, 0.3) is 0 Å². The molecule has 0 saturated carbocycles. The molecule has 0 unspecified atom stereocenters. The minimum absolute atomic E-state index is 0.125. The fraction of sp³-hybridized carbons (Fsp3) is 0.435. The van der Waals surface area contributed by atoms with Gasteiger partial charge in [-0.3, -0.25) is 4.79 Å². The number of benzene rings is 1. The third kappa shape index (κ3) is 6.87. The molecule has 8 heteroatoms. The second-order valence-corrected chi connectivity index (χ2v) is 7.27. The number of carbonyl (C=O) groups is 1. The van der Waals surface area contributed by atoms with Crippen LogP contribution in [-0.2, 0) is 4.74 Å². The molecule has 1 aromatic rings. The van der Waals surface area contributed by atoms with Gasteiger partial charge in [0.1, 0.15) is 12.4 Å². The summed E-state index contributed by atoms with van der Waals surface area (Å²) in [7, 11) is 3.70. The van der Waals surface area contributed by atoms with E-state index < -0.39 is 29.4 Å². The van der Waals surface area contributed by atoms with Crippen molar-refractivity contribution in [1.82, 2.24) is 4.90 Å². The molecular formula is C23H30F4N2O2. The fourth-order valence-corrected chi connectivity index (χ4v) is 3.16. The van der Waals surface area contributed by atoms with Crippen LogP contribution in [0.4, 0.5) is 23.2 Å². The summed E-state index contributed by atoms with van der Waals surface area (Å²) in [5, 5.41) is 0. The first-order chi connectivity index (χ1) is 14.3. The topological polar surface area (TPSA) is 32.8 Å². The molecule has 0 bridgehead atoms. The zero-order valence-electron chi connectivity index (χ0n) is 18.8. The summed E-state index contributed by atoms with van der Waals surface area (Å²) >= 11 is 0. The van der Waals surface area contributed by atoms with Crippen molar-refractivity contribution in [3.8, 4) is 0 Å². The van der Waals surface area contributed by atoms with Crippen molar-refractivity contribution in [3.63, 3.8) is 0 Å². The first-order valence-electron chi connectivity index (χ1n) is 9.85. The van der Waals surface area contributed by atoms with E-state index >= 15 is 0 Å². The van der Waals surface area contributed by atoms with Crippen molar-refractivity contribution in [2.75, 3.05) is 32.1 Å². The lowest BCUT2D eigenvalue weighted by atomic mass is 10.1. The van der Waals surface area contributed by atoms with Crippen LogP contribution in [0, 0.1) is 6.92 Å². The molecule has 0 aliphatic rings. The van der Waals surface area contributed by atoms with Gasteiger partial charge in [0, 0.05) is 20.6 Å². The van der Waals surface area contributed by atoms with Gasteiger partial charge < -0.3 is 14.5 Å². The quantitative estimate of drug-likeness (QED) is 0.275. The maximum Gasteiger partial charge on any atom is 0.416 e. The van der Waals surface area contributed by atoms with Crippen LogP contribution in [0.15, 0.2) is 54.1 Å². The Hall–Kier alpha value is -2.77. The normalized spacial score (nSPS) is 13.6. The number of rotatable bonds is 9. The third-order valence-corrected chi connectivity index (χ3v) is 4.73. The second-order valence-electron chi connectivity index (χ2n) is 7.27. The molecule has 31 heavy (non-hydrogen) atoms. The van der Waals surface area contributed by atoms with Gasteiger partial charge in [-0.25, -0.2) is 4.39 Å². The van der Waals surface area contributed by atoms with Crippen LogP contribution in [0.3, 0.4) is 0 Å². The van der Waals surface area contributed by atoms with E-state index in [9.17, 15) is 22.4 Å². The Morgan fingerprint density at radius 2 is 1.90 bits per heavy atom. The van der Waals surface area contributed by atoms with Crippen LogP contribution in [0.2, 0.25) is 0 Å². The van der Waals surface area contributed by atoms with Gasteiger partial charge in [-0.05, 0) is 45.4 Å². The van der Waals surface area contributed by atoms with Gasteiger partial charge in [0.05, 0.1) is 22.9 Å². The SMILES string of the molecule is C=C(OC[C@H](C)N(CC)C(=O)c1cccc(C)c1N(C)C)/C(F)=C\C(=C/C)C(F)(F)F. The molecule has 1 aromatic carbocycles. The van der Waals surface area contributed by atoms with Gasteiger partial charge in [-0.2, -0.15) is 13.2 Å². The summed E-state index contributed by atoms with van der Waals surface area (Å²) in [6.07, 6.45) is -3.58. The van der Waals surface area contributed by atoms with E-state index in [1.54, 1.807) is 30.9 Å². The van der Waals surface area contributed by atoms with E-state index in [1.807, 2.05) is 32.0 Å². The number of halogens is 4. The summed E-state index contributed by atoms with van der Waals surface area (Å²) in [4.78, 5) is 16.6. The third-order valence-electron chi connectivity index (χ3n) is 4.73. The van der Waals surface area contributed by atoms with E-state index in [4.69, 9.17) is 4.74 Å². The number of carbonyl (C=O) groups excluding carboxylic acids is 1. The number of hydrogen-bond donors (Lipinski definition) is 0. The van der Waals surface area contributed by atoms with E-state index in [-0.39, 0.29) is 12.5 Å². The smallest absolute Gasteiger partial charge is 0.416 e. The van der Waals surface area contributed by atoms with E-state index in [2.05, 4.69) is 6.58 Å². The molecule has 0 fully saturated rings. The number of allylic oxidation sites excluding steroid dienone is 4. The molecule has 0 spiro atoms. The summed E-state index contributed by atoms with van der Waals surface area (Å²) < 4.78 is 57.7. The number of hydrogen-bond acceptors (Lipinski definition) is 3. The highest BCUT2D eigenvalue weighted by molar-refractivity contribution is 6.00. The molecule has 0 aliphatic carbocycles. The Kier molecular flexibility index (Phi) is 9.34. The number of para-hydroxylation sites is 1. The molecule has 1 rings (SSSR count). The highest BCUT2D eigenvalue weighted by Gasteiger charge is 2.32. The summed E-state index contributed by atoms with van der Waals surface area (Å²) in [6, 6.07) is 4.97. The Labute approximate surface area is 181 Å². The number of nitrogens with zero attached hydrogens (tertiary/aromatic N) is 2. The number of amides is 1. The van der Waals surface area contributed by atoms with E-state index in [0.29, 0.717) is 18.2 Å². The van der Waals surface area contributed by atoms with Gasteiger partial charge >= 0.3 is 6.18 Å². The predicted octanol–water partition coefficient (Wildman–Crippen LogP) is 5.80. The van der Waals surface area contributed by atoms with Gasteiger partial charge in [-0.1, -0.05) is 24.8 Å². The summed E-state index contributed by atoms with van der Waals surface area (Å²) in [5.74, 6) is -1.97. The standard InChI is InChI=1S/C23H30F4N2O2/c1-8-18(23(25,26)27)13-20(24)17(5)31-14-16(4)29(9-2)22(30)19-12-10-11-15(3)21(19)28(6)7/h8,10-13,16H,5,9,14H2,1-4,6-7H3/b18-8+,20-13+/t16-/m0/s1. The van der Waals surface area contributed by atoms with Crippen LogP contribution in [0.1, 0.15) is 36.7 Å². The van der Waals surface area contributed by atoms with Crippen molar-refractivity contribution in [2.24, 2.45) is 0 Å². The average molecular weight is 442 g/mol. The zero-order valence-corrected chi connectivity index (χ0v) is 18.8. The monoisotopic (exact) mass is 442 g/mol. The lowest BCUT2D eigenvalue weighted by Crippen LogP contribution is -2.41. The highest BCUT2D eigenvalue weighted by atomic mass is 19.4. The van der Waals surface area contributed by atoms with Crippen molar-refractivity contribution in [2.45, 2.75) is 39.9 Å². The van der Waals surface area contributed by atoms with Crippen molar-refractivity contribution in [1.29, 1.82) is 0 Å². The maximum absolute atomic E-state index is 14.1. The molecular weight excluding hydrogens is 412 g/mol. The molecule has 1 amide bonds. The largest absolute Gasteiger partial charge is 0.489 e. The highest BCUT2D eigenvalue weighted by Crippen LogP contribution is 2.29. The average Bonchev–Trinajstić information content (AvgIpc) is 2.68. The Morgan fingerprint density at radius 3 is 2.39 bits per heavy atom. The number of alkyl halides is 3. The van der Waals surface area contributed by atoms with E-state index in [1.165, 1.54) is 0 Å². The summed E-state index contributed by atoms with van der Waals surface area (Å²) in [6.45, 7) is 10.2. The molecule has 0 saturated heterocycles. The predicted molar refractivity (Wildman–Crippen MR) is 116 cm³/mol. The van der Waals surface area contributed by atoms with Gasteiger partial charge in [0.25, 0.3) is 5.91 Å². The van der Waals surface area contributed by atoms with Crippen LogP contribution >= 0.6 is 0 Å². The number of aryl methyl sites for hydroxylation is 1. The Bertz CT molecular complexity index is 858. The number of ether oxygens (including phenoxy) is 1. The van der Waals surface area contributed by atoms with Crippen molar-refractivity contribution >= 4 is 11.6 Å². The lowest BCUT2D eigenvalue weighted by molar-refractivity contribution is -0.0885. The van der Waals surface area contributed by atoms with E-state index in [0.717, 1.165) is 24.3 Å². The fourth-order valence-electron chi connectivity index (χ4n) is 3.16. The molecule has 1 atom stereocenters. The van der Waals surface area contributed by atoms with Gasteiger partial charge in [0.2, 0.25) is 0 Å². The van der Waals surface area contributed by atoms with Crippen molar-refractivity contribution < 1.29 is 27.1 Å². The molecule has 4 nitrogen and oxygen atoms in total. The second kappa shape index (κ2) is 11.0. The minimum Gasteiger partial charge on any atom is -0.489 e. The number of likely N-dealkylation sites (N-methyl/N-ethyl adjacent to an activating group) is 1. The Balaban J connectivity index is 2.96. The molecule has 0 radical (unpaired) electrons. The lowest BCUT2D eigenvalue weighted by Gasteiger charge is -2.30. The molecule has 0 N–H and O–H groups in total. The first-order valence-corrected chi connectivity index (χ1v) is 9.85. The van der Waals surface area contributed by atoms with Crippen molar-refractivity contribution in [3.05, 3.63) is 65.2 Å². The number of anilines is 1. The minimum atomic E-state index is -4.68. The van der Waals surface area contributed by atoms with Crippen LogP contribution < -0.4 is 4.90 Å². The molecule has 0 aromatic heterocycles. The molecule has 0 aliphatic heterocycles. The van der Waals surface area contributed by atoms with Gasteiger partial charge in [0.15, 0.2) is 5.83 Å². The maximum atomic E-state index is 14.1.